The summed E-state index contributed by atoms with van der Waals surface area (Å²) in [6.45, 7) is 2.38. The van der Waals surface area contributed by atoms with E-state index >= 15 is 0 Å². The van der Waals surface area contributed by atoms with Gasteiger partial charge in [0.05, 0.1) is 13.2 Å². The third kappa shape index (κ3) is 3.39. The highest BCUT2D eigenvalue weighted by atomic mass is 16.5. The lowest BCUT2D eigenvalue weighted by atomic mass is 10.3. The Balaban J connectivity index is 1.80. The molecule has 1 saturated carbocycles. The number of methoxy groups -OCH3 is 1. The summed E-state index contributed by atoms with van der Waals surface area (Å²) < 4.78 is 10.8. The van der Waals surface area contributed by atoms with Gasteiger partial charge in [0.15, 0.2) is 11.5 Å². The van der Waals surface area contributed by atoms with Crippen LogP contribution >= 0.6 is 0 Å². The SMILES string of the molecule is COc1ccccc1OC[C@H](C)NC(=O)C1CC1. The van der Waals surface area contributed by atoms with Crippen molar-refractivity contribution in [2.45, 2.75) is 25.8 Å². The Morgan fingerprint density at radius 1 is 1.39 bits per heavy atom. The molecule has 0 spiro atoms. The van der Waals surface area contributed by atoms with E-state index in [0.29, 0.717) is 18.1 Å². The van der Waals surface area contributed by atoms with Crippen LogP contribution in [0.25, 0.3) is 0 Å². The average molecular weight is 249 g/mol. The third-order valence-corrected chi connectivity index (χ3v) is 2.89. The number of ether oxygens (including phenoxy) is 2. The van der Waals surface area contributed by atoms with Gasteiger partial charge in [-0.05, 0) is 31.9 Å². The van der Waals surface area contributed by atoms with Crippen molar-refractivity contribution in [2.24, 2.45) is 5.92 Å². The molecule has 0 unspecified atom stereocenters. The summed E-state index contributed by atoms with van der Waals surface area (Å²) in [5, 5.41) is 2.94. The summed E-state index contributed by atoms with van der Waals surface area (Å²) >= 11 is 0. The van der Waals surface area contributed by atoms with Gasteiger partial charge in [-0.1, -0.05) is 12.1 Å². The monoisotopic (exact) mass is 249 g/mol. The molecule has 1 aromatic carbocycles. The van der Waals surface area contributed by atoms with Crippen molar-refractivity contribution in [3.63, 3.8) is 0 Å². The van der Waals surface area contributed by atoms with E-state index in [0.717, 1.165) is 12.8 Å². The minimum atomic E-state index is 0.00279. The van der Waals surface area contributed by atoms with Crippen LogP contribution in [0.5, 0.6) is 11.5 Å². The average Bonchev–Trinajstić information content (AvgIpc) is 3.21. The highest BCUT2D eigenvalue weighted by Gasteiger charge is 2.30. The number of carbonyl (C=O) groups is 1. The summed E-state index contributed by atoms with van der Waals surface area (Å²) in [5.74, 6) is 1.79. The molecule has 0 radical (unpaired) electrons. The number of hydrogen-bond donors (Lipinski definition) is 1. The molecule has 1 atom stereocenters. The molecule has 0 aliphatic heterocycles. The Labute approximate surface area is 107 Å². The van der Waals surface area contributed by atoms with E-state index < -0.39 is 0 Å². The normalized spacial score (nSPS) is 15.9. The Morgan fingerprint density at radius 2 is 2.06 bits per heavy atom. The van der Waals surface area contributed by atoms with E-state index in [2.05, 4.69) is 5.32 Å². The molecule has 18 heavy (non-hydrogen) atoms. The standard InChI is InChI=1S/C14H19NO3/c1-10(15-14(16)11-7-8-11)9-18-13-6-4-3-5-12(13)17-2/h3-6,10-11H,7-9H2,1-2H3,(H,15,16)/t10-/m0/s1. The Bertz CT molecular complexity index is 415. The smallest absolute Gasteiger partial charge is 0.223 e. The van der Waals surface area contributed by atoms with E-state index in [1.807, 2.05) is 31.2 Å². The highest BCUT2D eigenvalue weighted by Crippen LogP contribution is 2.29. The summed E-state index contributed by atoms with van der Waals surface area (Å²) in [5.41, 5.74) is 0. The van der Waals surface area contributed by atoms with Gasteiger partial charge < -0.3 is 14.8 Å². The number of carbonyl (C=O) groups excluding carboxylic acids is 1. The zero-order chi connectivity index (χ0) is 13.0. The molecule has 0 aromatic heterocycles. The third-order valence-electron chi connectivity index (χ3n) is 2.89. The Morgan fingerprint density at radius 3 is 2.67 bits per heavy atom. The lowest BCUT2D eigenvalue weighted by Crippen LogP contribution is -2.37. The minimum absolute atomic E-state index is 0.00279. The lowest BCUT2D eigenvalue weighted by Gasteiger charge is -2.16. The van der Waals surface area contributed by atoms with Crippen LogP contribution in [0.1, 0.15) is 19.8 Å². The number of nitrogens with one attached hydrogen (secondary N) is 1. The first-order valence-electron chi connectivity index (χ1n) is 6.27. The van der Waals surface area contributed by atoms with Crippen molar-refractivity contribution in [1.82, 2.24) is 5.32 Å². The molecule has 0 heterocycles. The van der Waals surface area contributed by atoms with E-state index in [1.54, 1.807) is 7.11 Å². The zero-order valence-electron chi connectivity index (χ0n) is 10.8. The van der Waals surface area contributed by atoms with E-state index in [1.165, 1.54) is 0 Å². The summed E-state index contributed by atoms with van der Waals surface area (Å²) in [6.07, 6.45) is 2.04. The summed E-state index contributed by atoms with van der Waals surface area (Å²) in [4.78, 5) is 11.6. The Kier molecular flexibility index (Phi) is 4.07. The van der Waals surface area contributed by atoms with E-state index in [4.69, 9.17) is 9.47 Å². The molecule has 1 aliphatic carbocycles. The summed E-state index contributed by atoms with van der Waals surface area (Å²) in [7, 11) is 1.61. The predicted octanol–water partition coefficient (Wildman–Crippen LogP) is 1.99. The molecule has 0 saturated heterocycles. The number of rotatable bonds is 6. The molecule has 1 aromatic rings. The summed E-state index contributed by atoms with van der Waals surface area (Å²) in [6, 6.07) is 7.50. The van der Waals surface area contributed by atoms with Crippen LogP contribution in [0.3, 0.4) is 0 Å². The van der Waals surface area contributed by atoms with Gasteiger partial charge in [-0.25, -0.2) is 0 Å². The second-order valence-corrected chi connectivity index (χ2v) is 4.65. The Hall–Kier alpha value is -1.71. The van der Waals surface area contributed by atoms with Crippen LogP contribution in [-0.2, 0) is 4.79 Å². The molecular formula is C14H19NO3. The van der Waals surface area contributed by atoms with Crippen LogP contribution in [0.2, 0.25) is 0 Å². The van der Waals surface area contributed by atoms with E-state index in [9.17, 15) is 4.79 Å². The largest absolute Gasteiger partial charge is 0.493 e. The fraction of sp³-hybridized carbons (Fsp3) is 0.500. The van der Waals surface area contributed by atoms with Gasteiger partial charge in [-0.2, -0.15) is 0 Å². The van der Waals surface area contributed by atoms with Crippen molar-refractivity contribution in [2.75, 3.05) is 13.7 Å². The van der Waals surface area contributed by atoms with Crippen LogP contribution in [0.15, 0.2) is 24.3 Å². The first kappa shape index (κ1) is 12.7. The van der Waals surface area contributed by atoms with Gasteiger partial charge in [0.25, 0.3) is 0 Å². The van der Waals surface area contributed by atoms with Gasteiger partial charge in [-0.3, -0.25) is 4.79 Å². The second-order valence-electron chi connectivity index (χ2n) is 4.65. The minimum Gasteiger partial charge on any atom is -0.493 e. The zero-order valence-corrected chi connectivity index (χ0v) is 10.8. The van der Waals surface area contributed by atoms with Crippen molar-refractivity contribution < 1.29 is 14.3 Å². The molecule has 1 N–H and O–H groups in total. The van der Waals surface area contributed by atoms with Crippen molar-refractivity contribution in [3.05, 3.63) is 24.3 Å². The van der Waals surface area contributed by atoms with Gasteiger partial charge >= 0.3 is 0 Å². The van der Waals surface area contributed by atoms with Gasteiger partial charge in [-0.15, -0.1) is 0 Å². The quantitative estimate of drug-likeness (QED) is 0.838. The number of hydrogen-bond acceptors (Lipinski definition) is 3. The predicted molar refractivity (Wildman–Crippen MR) is 68.8 cm³/mol. The molecular weight excluding hydrogens is 230 g/mol. The maximum Gasteiger partial charge on any atom is 0.223 e. The number of para-hydroxylation sites is 2. The lowest BCUT2D eigenvalue weighted by molar-refractivity contribution is -0.123. The van der Waals surface area contributed by atoms with Crippen LogP contribution in [0, 0.1) is 5.92 Å². The fourth-order valence-corrected chi connectivity index (χ4v) is 1.70. The maximum atomic E-state index is 11.6. The molecule has 0 bridgehead atoms. The van der Waals surface area contributed by atoms with Gasteiger partial charge in [0.1, 0.15) is 6.61 Å². The first-order valence-corrected chi connectivity index (χ1v) is 6.27. The maximum absolute atomic E-state index is 11.6. The number of amides is 1. The molecule has 1 amide bonds. The van der Waals surface area contributed by atoms with Crippen LogP contribution in [0.4, 0.5) is 0 Å². The topological polar surface area (TPSA) is 47.6 Å². The van der Waals surface area contributed by atoms with Crippen molar-refractivity contribution >= 4 is 5.91 Å². The van der Waals surface area contributed by atoms with Crippen molar-refractivity contribution in [1.29, 1.82) is 0 Å². The second kappa shape index (κ2) is 5.76. The fourth-order valence-electron chi connectivity index (χ4n) is 1.70. The highest BCUT2D eigenvalue weighted by molar-refractivity contribution is 5.81. The van der Waals surface area contributed by atoms with Crippen molar-refractivity contribution in [3.8, 4) is 11.5 Å². The molecule has 1 aliphatic rings. The molecule has 1 fully saturated rings. The first-order chi connectivity index (χ1) is 8.70. The number of benzene rings is 1. The molecule has 2 rings (SSSR count). The van der Waals surface area contributed by atoms with Crippen LogP contribution in [-0.4, -0.2) is 25.7 Å². The molecule has 4 nitrogen and oxygen atoms in total. The molecule has 4 heteroatoms. The van der Waals surface area contributed by atoms with Crippen LogP contribution < -0.4 is 14.8 Å². The van der Waals surface area contributed by atoms with Gasteiger partial charge in [0.2, 0.25) is 5.91 Å². The van der Waals surface area contributed by atoms with E-state index in [-0.39, 0.29) is 17.9 Å². The van der Waals surface area contributed by atoms with Gasteiger partial charge in [0, 0.05) is 5.92 Å². The molecule has 98 valence electrons.